The summed E-state index contributed by atoms with van der Waals surface area (Å²) in [7, 11) is 0. The van der Waals surface area contributed by atoms with Crippen LogP contribution in [-0.4, -0.2) is 26.9 Å². The zero-order valence-corrected chi connectivity index (χ0v) is 21.9. The number of alkyl halides is 3. The van der Waals surface area contributed by atoms with E-state index in [1.54, 1.807) is 12.4 Å². The van der Waals surface area contributed by atoms with E-state index in [0.29, 0.717) is 16.4 Å². The molecule has 0 unspecified atom stereocenters. The van der Waals surface area contributed by atoms with Gasteiger partial charge in [-0.05, 0) is 74.6 Å². The second kappa shape index (κ2) is 11.4. The van der Waals surface area contributed by atoms with Crippen LogP contribution in [0.2, 0.25) is 0 Å². The summed E-state index contributed by atoms with van der Waals surface area (Å²) in [6.45, 7) is 1.85. The molecule has 39 heavy (non-hydrogen) atoms. The van der Waals surface area contributed by atoms with Gasteiger partial charge in [0.25, 0.3) is 5.91 Å². The lowest BCUT2D eigenvalue weighted by atomic mass is 9.89. The van der Waals surface area contributed by atoms with Gasteiger partial charge >= 0.3 is 6.18 Å². The number of pyridine rings is 2. The van der Waals surface area contributed by atoms with Crippen molar-refractivity contribution in [1.29, 1.82) is 0 Å². The van der Waals surface area contributed by atoms with Crippen LogP contribution in [0, 0.1) is 6.92 Å². The molecule has 0 saturated heterocycles. The summed E-state index contributed by atoms with van der Waals surface area (Å²) in [6, 6.07) is 13.9. The molecule has 6 nitrogen and oxygen atoms in total. The number of thiazole rings is 1. The van der Waals surface area contributed by atoms with Crippen molar-refractivity contribution in [2.75, 3.05) is 5.32 Å². The molecule has 0 radical (unpaired) electrons. The number of aryl methyl sites for hydroxylation is 1. The summed E-state index contributed by atoms with van der Waals surface area (Å²) in [5.41, 5.74) is 3.85. The third kappa shape index (κ3) is 6.69. The fraction of sp³-hybridized carbons (Fsp3) is 0.241. The molecule has 0 bridgehead atoms. The average Bonchev–Trinajstić information content (AvgIpc) is 3.32. The minimum Gasteiger partial charge on any atom is -0.349 e. The smallest absolute Gasteiger partial charge is 0.349 e. The summed E-state index contributed by atoms with van der Waals surface area (Å²) in [5.74, 6) is 0.251. The van der Waals surface area contributed by atoms with Crippen LogP contribution in [0.5, 0.6) is 0 Å². The van der Waals surface area contributed by atoms with Crippen molar-refractivity contribution < 1.29 is 18.0 Å². The van der Waals surface area contributed by atoms with E-state index in [9.17, 15) is 18.0 Å². The van der Waals surface area contributed by atoms with Crippen molar-refractivity contribution in [3.05, 3.63) is 94.4 Å². The van der Waals surface area contributed by atoms with E-state index in [2.05, 4.69) is 31.7 Å². The van der Waals surface area contributed by atoms with E-state index >= 15 is 0 Å². The highest BCUT2D eigenvalue weighted by Gasteiger charge is 2.30. The van der Waals surface area contributed by atoms with Crippen molar-refractivity contribution in [1.82, 2.24) is 20.3 Å². The van der Waals surface area contributed by atoms with Gasteiger partial charge in [0.2, 0.25) is 0 Å². The van der Waals surface area contributed by atoms with Gasteiger partial charge in [0, 0.05) is 35.9 Å². The highest BCUT2D eigenvalue weighted by Crippen LogP contribution is 2.31. The predicted octanol–water partition coefficient (Wildman–Crippen LogP) is 7.43. The van der Waals surface area contributed by atoms with Crippen LogP contribution in [0.1, 0.15) is 52.2 Å². The van der Waals surface area contributed by atoms with Gasteiger partial charge in [-0.1, -0.05) is 23.8 Å². The largest absolute Gasteiger partial charge is 0.417 e. The van der Waals surface area contributed by atoms with Crippen LogP contribution in [0.4, 0.5) is 24.7 Å². The number of allylic oxidation sites excluding steroid dienone is 1. The zero-order valence-electron chi connectivity index (χ0n) is 21.1. The minimum absolute atomic E-state index is 0.0896. The number of hydrogen-bond acceptors (Lipinski definition) is 6. The van der Waals surface area contributed by atoms with Crippen LogP contribution in [0.15, 0.2) is 72.7 Å². The minimum atomic E-state index is -4.41. The highest BCUT2D eigenvalue weighted by molar-refractivity contribution is 7.17. The van der Waals surface area contributed by atoms with Crippen molar-refractivity contribution in [2.24, 2.45) is 0 Å². The molecule has 10 heteroatoms. The van der Waals surface area contributed by atoms with E-state index in [1.807, 2.05) is 43.3 Å². The second-order valence-electron chi connectivity index (χ2n) is 9.41. The van der Waals surface area contributed by atoms with Gasteiger partial charge in [0.15, 0.2) is 0 Å². The van der Waals surface area contributed by atoms with E-state index < -0.39 is 11.7 Å². The Balaban J connectivity index is 1.17. The number of amides is 1. The van der Waals surface area contributed by atoms with Crippen LogP contribution in [0.3, 0.4) is 0 Å². The van der Waals surface area contributed by atoms with Crippen molar-refractivity contribution >= 4 is 34.8 Å². The molecular formula is C29H26F3N5OS. The van der Waals surface area contributed by atoms with Gasteiger partial charge in [-0.15, -0.1) is 11.3 Å². The lowest BCUT2D eigenvalue weighted by molar-refractivity contribution is -0.137. The van der Waals surface area contributed by atoms with Gasteiger partial charge in [-0.2, -0.15) is 13.2 Å². The Kier molecular flexibility index (Phi) is 7.74. The molecule has 1 aliphatic carbocycles. The Bertz CT molecular complexity index is 1470. The number of aromatic nitrogens is 3. The first-order chi connectivity index (χ1) is 18.7. The van der Waals surface area contributed by atoms with E-state index in [-0.39, 0.29) is 11.9 Å². The number of rotatable bonds is 6. The fourth-order valence-corrected chi connectivity index (χ4v) is 5.43. The lowest BCUT2D eigenvalue weighted by Gasteiger charge is -2.25. The fourth-order valence-electron chi connectivity index (χ4n) is 4.47. The summed E-state index contributed by atoms with van der Waals surface area (Å²) in [4.78, 5) is 26.2. The van der Waals surface area contributed by atoms with Gasteiger partial charge < -0.3 is 10.6 Å². The van der Waals surface area contributed by atoms with Gasteiger partial charge in [-0.3, -0.25) is 9.78 Å². The van der Waals surface area contributed by atoms with Crippen LogP contribution in [0.25, 0.3) is 16.6 Å². The second-order valence-corrected chi connectivity index (χ2v) is 10.4. The topological polar surface area (TPSA) is 79.8 Å². The summed E-state index contributed by atoms with van der Waals surface area (Å²) in [6.07, 6.45) is 5.42. The molecule has 2 N–H and O–H groups in total. The molecular weight excluding hydrogens is 523 g/mol. The maximum atomic E-state index is 13.0. The number of halogens is 3. The first kappa shape index (κ1) is 26.6. The monoisotopic (exact) mass is 549 g/mol. The SMILES string of the molecule is Cc1nc(-c2cccnc2)sc1C(=O)NC1CCC(=Cc2cccc(Nc3ccc(C(F)(F)F)cn3)c2)CC1. The zero-order chi connectivity index (χ0) is 27.4. The van der Waals surface area contributed by atoms with Crippen molar-refractivity contribution in [3.63, 3.8) is 0 Å². The molecule has 0 spiro atoms. The summed E-state index contributed by atoms with van der Waals surface area (Å²) >= 11 is 1.38. The molecule has 1 amide bonds. The maximum Gasteiger partial charge on any atom is 0.417 e. The number of carbonyl (C=O) groups is 1. The standard InChI is InChI=1S/C29H26F3N5OS/c1-18-26(39-28(35-18)21-5-3-13-33-16-21)27(38)37-23-10-7-19(8-11-23)14-20-4-2-6-24(15-20)36-25-12-9-22(17-34-25)29(30,31)32/h2-6,9,12-17,23H,7-8,10-11H2,1H3,(H,34,36)(H,37,38). The Labute approximate surface area is 228 Å². The molecule has 0 atom stereocenters. The van der Waals surface area contributed by atoms with Crippen molar-refractivity contribution in [2.45, 2.75) is 44.8 Å². The maximum absolute atomic E-state index is 13.0. The molecule has 4 aromatic rings. The van der Waals surface area contributed by atoms with E-state index in [1.165, 1.54) is 23.0 Å². The third-order valence-electron chi connectivity index (χ3n) is 6.49. The molecule has 1 aromatic carbocycles. The Morgan fingerprint density at radius 2 is 1.90 bits per heavy atom. The highest BCUT2D eigenvalue weighted by atomic mass is 32.1. The van der Waals surface area contributed by atoms with Gasteiger partial charge in [0.05, 0.1) is 11.3 Å². The Morgan fingerprint density at radius 3 is 2.59 bits per heavy atom. The first-order valence-corrected chi connectivity index (χ1v) is 13.3. The Hall–Kier alpha value is -4.05. The van der Waals surface area contributed by atoms with E-state index in [4.69, 9.17) is 0 Å². The molecule has 1 saturated carbocycles. The molecule has 1 aliphatic rings. The lowest BCUT2D eigenvalue weighted by Crippen LogP contribution is -2.36. The van der Waals surface area contributed by atoms with Gasteiger partial charge in [-0.25, -0.2) is 9.97 Å². The number of benzene rings is 1. The van der Waals surface area contributed by atoms with Crippen LogP contribution < -0.4 is 10.6 Å². The number of nitrogens with one attached hydrogen (secondary N) is 2. The molecule has 3 heterocycles. The quantitative estimate of drug-likeness (QED) is 0.262. The molecule has 3 aromatic heterocycles. The molecule has 0 aliphatic heterocycles. The van der Waals surface area contributed by atoms with Crippen molar-refractivity contribution in [3.8, 4) is 10.6 Å². The Morgan fingerprint density at radius 1 is 1.08 bits per heavy atom. The first-order valence-electron chi connectivity index (χ1n) is 12.5. The number of anilines is 2. The predicted molar refractivity (Wildman–Crippen MR) is 147 cm³/mol. The van der Waals surface area contributed by atoms with E-state index in [0.717, 1.165) is 59.8 Å². The molecule has 200 valence electrons. The summed E-state index contributed by atoms with van der Waals surface area (Å²) < 4.78 is 38.3. The van der Waals surface area contributed by atoms with Crippen LogP contribution >= 0.6 is 11.3 Å². The third-order valence-corrected chi connectivity index (χ3v) is 7.70. The average molecular weight is 550 g/mol. The van der Waals surface area contributed by atoms with Crippen LogP contribution in [-0.2, 0) is 6.18 Å². The molecule has 5 rings (SSSR count). The molecule has 1 fully saturated rings. The number of nitrogens with zero attached hydrogens (tertiary/aromatic N) is 3. The summed E-state index contributed by atoms with van der Waals surface area (Å²) in [5, 5.41) is 7.02. The number of carbonyl (C=O) groups excluding carboxylic acids is 1. The van der Waals surface area contributed by atoms with Gasteiger partial charge in [0.1, 0.15) is 15.7 Å². The number of hydrogen-bond donors (Lipinski definition) is 2. The normalized spacial score (nSPS) is 15.6.